The van der Waals surface area contributed by atoms with Crippen molar-refractivity contribution in [2.45, 2.75) is 0 Å². The van der Waals surface area contributed by atoms with Crippen LogP contribution in [-0.2, 0) is 4.79 Å². The Bertz CT molecular complexity index is 649. The standard InChI is InChI=1S/C16H14N2O3/c19-15(20)11-8-12-6-9-14(10-7-12)18-16(21)17-13-4-2-1-3-5-13/h1-11H,(H,19,20)(H2,17,18,21). The number of nitrogens with one attached hydrogen (secondary N) is 2. The van der Waals surface area contributed by atoms with Gasteiger partial charge in [-0.05, 0) is 35.9 Å². The van der Waals surface area contributed by atoms with E-state index in [-0.39, 0.29) is 6.03 Å². The average Bonchev–Trinajstić information content (AvgIpc) is 2.47. The number of amides is 2. The number of benzene rings is 2. The van der Waals surface area contributed by atoms with Crippen molar-refractivity contribution in [3.8, 4) is 0 Å². The van der Waals surface area contributed by atoms with Gasteiger partial charge in [0.05, 0.1) is 0 Å². The fourth-order valence-electron chi connectivity index (χ4n) is 1.66. The molecular weight excluding hydrogens is 268 g/mol. The number of rotatable bonds is 4. The van der Waals surface area contributed by atoms with Crippen LogP contribution >= 0.6 is 0 Å². The van der Waals surface area contributed by atoms with Crippen LogP contribution in [0.2, 0.25) is 0 Å². The van der Waals surface area contributed by atoms with Crippen molar-refractivity contribution in [3.05, 3.63) is 66.2 Å². The molecule has 0 radical (unpaired) electrons. The first-order valence-electron chi connectivity index (χ1n) is 6.27. The SMILES string of the molecule is O=C(O)C=Cc1ccc(NC(=O)Nc2ccccc2)cc1. The molecule has 0 saturated heterocycles. The number of carbonyl (C=O) groups is 2. The lowest BCUT2D eigenvalue weighted by molar-refractivity contribution is -0.131. The zero-order valence-corrected chi connectivity index (χ0v) is 11.1. The molecule has 0 spiro atoms. The van der Waals surface area contributed by atoms with Crippen LogP contribution in [0.25, 0.3) is 6.08 Å². The summed E-state index contributed by atoms with van der Waals surface area (Å²) in [7, 11) is 0. The van der Waals surface area contributed by atoms with Gasteiger partial charge in [0.15, 0.2) is 0 Å². The largest absolute Gasteiger partial charge is 0.478 e. The second kappa shape index (κ2) is 6.91. The number of carboxylic acid groups (broad SMARTS) is 1. The van der Waals surface area contributed by atoms with E-state index >= 15 is 0 Å². The first kappa shape index (κ1) is 14.3. The van der Waals surface area contributed by atoms with E-state index in [0.717, 1.165) is 11.6 Å². The lowest BCUT2D eigenvalue weighted by Gasteiger charge is -2.07. The Hall–Kier alpha value is -3.08. The van der Waals surface area contributed by atoms with E-state index in [4.69, 9.17) is 5.11 Å². The van der Waals surface area contributed by atoms with E-state index in [1.54, 1.807) is 36.4 Å². The normalized spacial score (nSPS) is 10.3. The Balaban J connectivity index is 1.94. The molecule has 21 heavy (non-hydrogen) atoms. The molecule has 0 atom stereocenters. The summed E-state index contributed by atoms with van der Waals surface area (Å²) in [5.74, 6) is -1.00. The third-order valence-corrected chi connectivity index (χ3v) is 2.62. The quantitative estimate of drug-likeness (QED) is 0.752. The van der Waals surface area contributed by atoms with Crippen LogP contribution in [0.4, 0.5) is 16.2 Å². The van der Waals surface area contributed by atoms with E-state index in [2.05, 4.69) is 10.6 Å². The molecule has 0 aliphatic carbocycles. The maximum absolute atomic E-state index is 11.8. The van der Waals surface area contributed by atoms with Crippen molar-refractivity contribution in [1.82, 2.24) is 0 Å². The number of urea groups is 1. The Morgan fingerprint density at radius 3 is 2.00 bits per heavy atom. The predicted molar refractivity (Wildman–Crippen MR) is 82.2 cm³/mol. The number of anilines is 2. The van der Waals surface area contributed by atoms with E-state index in [9.17, 15) is 9.59 Å². The number of hydrogen-bond acceptors (Lipinski definition) is 2. The second-order valence-electron chi connectivity index (χ2n) is 4.24. The number of carboxylic acids is 1. The average molecular weight is 282 g/mol. The van der Waals surface area contributed by atoms with Crippen LogP contribution in [0.15, 0.2) is 60.7 Å². The number of carbonyl (C=O) groups excluding carboxylic acids is 1. The van der Waals surface area contributed by atoms with Gasteiger partial charge in [-0.15, -0.1) is 0 Å². The van der Waals surface area contributed by atoms with Gasteiger partial charge in [0.2, 0.25) is 0 Å². The first-order valence-corrected chi connectivity index (χ1v) is 6.27. The van der Waals surface area contributed by atoms with Crippen LogP contribution in [0.3, 0.4) is 0 Å². The van der Waals surface area contributed by atoms with Gasteiger partial charge in [0, 0.05) is 17.5 Å². The highest BCUT2D eigenvalue weighted by Crippen LogP contribution is 2.12. The minimum absolute atomic E-state index is 0.338. The summed E-state index contributed by atoms with van der Waals surface area (Å²) in [5.41, 5.74) is 2.07. The molecule has 0 heterocycles. The van der Waals surface area contributed by atoms with Crippen molar-refractivity contribution >= 4 is 29.5 Å². The summed E-state index contributed by atoms with van der Waals surface area (Å²) < 4.78 is 0. The minimum Gasteiger partial charge on any atom is -0.478 e. The van der Waals surface area contributed by atoms with Crippen LogP contribution in [0.5, 0.6) is 0 Å². The summed E-state index contributed by atoms with van der Waals surface area (Å²) in [6.07, 6.45) is 2.54. The van der Waals surface area contributed by atoms with E-state index in [1.165, 1.54) is 6.08 Å². The first-order chi connectivity index (χ1) is 10.1. The lowest BCUT2D eigenvalue weighted by atomic mass is 10.2. The molecule has 106 valence electrons. The van der Waals surface area contributed by atoms with E-state index < -0.39 is 5.97 Å². The second-order valence-corrected chi connectivity index (χ2v) is 4.24. The van der Waals surface area contributed by atoms with Crippen molar-refractivity contribution < 1.29 is 14.7 Å². The summed E-state index contributed by atoms with van der Waals surface area (Å²) in [6.45, 7) is 0. The summed E-state index contributed by atoms with van der Waals surface area (Å²) in [5, 5.41) is 13.9. The number of aliphatic carboxylic acids is 1. The molecule has 0 bridgehead atoms. The van der Waals surface area contributed by atoms with Crippen molar-refractivity contribution in [3.63, 3.8) is 0 Å². The predicted octanol–water partition coefficient (Wildman–Crippen LogP) is 3.43. The Labute approximate surface area is 121 Å². The molecule has 2 aromatic rings. The van der Waals surface area contributed by atoms with E-state index in [1.807, 2.05) is 18.2 Å². The maximum Gasteiger partial charge on any atom is 0.328 e. The highest BCUT2D eigenvalue weighted by atomic mass is 16.4. The Morgan fingerprint density at radius 2 is 1.43 bits per heavy atom. The molecule has 3 N–H and O–H groups in total. The molecule has 0 aliphatic heterocycles. The monoisotopic (exact) mass is 282 g/mol. The molecule has 0 unspecified atom stereocenters. The van der Waals surface area contributed by atoms with Gasteiger partial charge in [0.25, 0.3) is 0 Å². The maximum atomic E-state index is 11.8. The van der Waals surface area contributed by atoms with Gasteiger partial charge in [-0.25, -0.2) is 9.59 Å². The molecule has 0 fully saturated rings. The van der Waals surface area contributed by atoms with Crippen molar-refractivity contribution in [2.24, 2.45) is 0 Å². The van der Waals surface area contributed by atoms with E-state index in [0.29, 0.717) is 11.4 Å². The van der Waals surface area contributed by atoms with Crippen LogP contribution in [0, 0.1) is 0 Å². The molecule has 2 amide bonds. The topological polar surface area (TPSA) is 78.4 Å². The number of para-hydroxylation sites is 1. The fraction of sp³-hybridized carbons (Fsp3) is 0. The molecular formula is C16H14N2O3. The third-order valence-electron chi connectivity index (χ3n) is 2.62. The third kappa shape index (κ3) is 4.83. The zero-order chi connectivity index (χ0) is 15.1. The van der Waals surface area contributed by atoms with Gasteiger partial charge < -0.3 is 15.7 Å². The molecule has 0 aromatic heterocycles. The molecule has 0 aliphatic rings. The van der Waals surface area contributed by atoms with Gasteiger partial charge >= 0.3 is 12.0 Å². The minimum atomic E-state index is -1.00. The number of hydrogen-bond donors (Lipinski definition) is 3. The molecule has 0 saturated carbocycles. The highest BCUT2D eigenvalue weighted by Gasteiger charge is 2.01. The van der Waals surface area contributed by atoms with Crippen molar-refractivity contribution in [1.29, 1.82) is 0 Å². The highest BCUT2D eigenvalue weighted by molar-refractivity contribution is 5.99. The van der Waals surface area contributed by atoms with Crippen LogP contribution < -0.4 is 10.6 Å². The smallest absolute Gasteiger partial charge is 0.328 e. The van der Waals surface area contributed by atoms with Crippen LogP contribution in [-0.4, -0.2) is 17.1 Å². The Kier molecular flexibility index (Phi) is 4.71. The summed E-state index contributed by atoms with van der Waals surface area (Å²) >= 11 is 0. The fourth-order valence-corrected chi connectivity index (χ4v) is 1.66. The molecule has 2 rings (SSSR count). The lowest BCUT2D eigenvalue weighted by Crippen LogP contribution is -2.19. The van der Waals surface area contributed by atoms with Gasteiger partial charge in [-0.3, -0.25) is 0 Å². The van der Waals surface area contributed by atoms with Gasteiger partial charge in [-0.2, -0.15) is 0 Å². The zero-order valence-electron chi connectivity index (χ0n) is 11.1. The molecule has 5 nitrogen and oxygen atoms in total. The molecule has 2 aromatic carbocycles. The summed E-state index contributed by atoms with van der Waals surface area (Å²) in [4.78, 5) is 22.2. The summed E-state index contributed by atoms with van der Waals surface area (Å²) in [6, 6.07) is 15.6. The van der Waals surface area contributed by atoms with Gasteiger partial charge in [-0.1, -0.05) is 30.3 Å². The van der Waals surface area contributed by atoms with Crippen molar-refractivity contribution in [2.75, 3.05) is 10.6 Å². The Morgan fingerprint density at radius 1 is 0.857 bits per heavy atom. The van der Waals surface area contributed by atoms with Crippen LogP contribution in [0.1, 0.15) is 5.56 Å². The molecule has 5 heteroatoms. The van der Waals surface area contributed by atoms with Gasteiger partial charge in [0.1, 0.15) is 0 Å².